The molecule has 2 rings (SSSR count). The summed E-state index contributed by atoms with van der Waals surface area (Å²) in [6.45, 7) is 7.25. The van der Waals surface area contributed by atoms with Crippen molar-refractivity contribution in [1.29, 1.82) is 0 Å². The Morgan fingerprint density at radius 3 is 2.52 bits per heavy atom. The predicted octanol–water partition coefficient (Wildman–Crippen LogP) is 4.95. The van der Waals surface area contributed by atoms with Crippen LogP contribution in [0.3, 0.4) is 0 Å². The molecule has 2 nitrogen and oxygen atoms in total. The molecule has 0 heterocycles. The second kappa shape index (κ2) is 8.26. The molecule has 1 aliphatic rings. The topological polar surface area (TPSA) is 35.2 Å². The number of halogens is 2. The number of hydrogen-bond donors (Lipinski definition) is 1. The summed E-state index contributed by atoms with van der Waals surface area (Å²) in [5.41, 5.74) is 8.34. The molecule has 4 heteroatoms. The van der Waals surface area contributed by atoms with Crippen molar-refractivity contribution in [3.05, 3.63) is 28.3 Å². The number of benzene rings is 1. The van der Waals surface area contributed by atoms with Gasteiger partial charge in [-0.1, -0.05) is 31.5 Å². The minimum absolute atomic E-state index is 0. The lowest BCUT2D eigenvalue weighted by Gasteiger charge is -2.19. The molecule has 1 aliphatic carbocycles. The van der Waals surface area contributed by atoms with Crippen LogP contribution in [0.4, 0.5) is 0 Å². The third kappa shape index (κ3) is 5.36. The number of rotatable bonds is 7. The van der Waals surface area contributed by atoms with E-state index in [0.717, 1.165) is 36.1 Å². The van der Waals surface area contributed by atoms with Crippen LogP contribution in [-0.2, 0) is 6.42 Å². The SMILES string of the molecule is CCC(C)c1cc(CC(C)N)cc(Cl)c1OCC1CC1.Cl. The minimum atomic E-state index is 0. The van der Waals surface area contributed by atoms with Crippen molar-refractivity contribution >= 4 is 24.0 Å². The van der Waals surface area contributed by atoms with E-state index in [2.05, 4.69) is 19.9 Å². The molecule has 2 N–H and O–H groups in total. The van der Waals surface area contributed by atoms with E-state index >= 15 is 0 Å². The van der Waals surface area contributed by atoms with Crippen molar-refractivity contribution in [3.63, 3.8) is 0 Å². The van der Waals surface area contributed by atoms with Gasteiger partial charge in [-0.05, 0) is 61.6 Å². The largest absolute Gasteiger partial charge is 0.491 e. The summed E-state index contributed by atoms with van der Waals surface area (Å²) in [5.74, 6) is 2.08. The van der Waals surface area contributed by atoms with Crippen LogP contribution in [0, 0.1) is 5.92 Å². The van der Waals surface area contributed by atoms with Gasteiger partial charge in [-0.15, -0.1) is 12.4 Å². The van der Waals surface area contributed by atoms with Gasteiger partial charge in [0.1, 0.15) is 5.75 Å². The molecule has 1 aromatic carbocycles. The highest BCUT2D eigenvalue weighted by atomic mass is 35.5. The molecular formula is C17H27Cl2NO. The Balaban J connectivity index is 0.00000220. The van der Waals surface area contributed by atoms with Crippen molar-refractivity contribution in [2.45, 2.75) is 58.4 Å². The monoisotopic (exact) mass is 331 g/mol. The van der Waals surface area contributed by atoms with Gasteiger partial charge >= 0.3 is 0 Å². The smallest absolute Gasteiger partial charge is 0.141 e. The molecule has 0 bridgehead atoms. The van der Waals surface area contributed by atoms with Crippen LogP contribution in [0.5, 0.6) is 5.75 Å². The molecule has 0 amide bonds. The molecule has 1 fully saturated rings. The van der Waals surface area contributed by atoms with Crippen LogP contribution in [0.2, 0.25) is 5.02 Å². The van der Waals surface area contributed by atoms with E-state index < -0.39 is 0 Å². The standard InChI is InChI=1S/C17H26ClNO.ClH/c1-4-11(2)15-8-14(7-12(3)19)9-16(18)17(15)20-10-13-5-6-13;/h8-9,11-13H,4-7,10,19H2,1-3H3;1H. The van der Waals surface area contributed by atoms with Gasteiger partial charge in [0.15, 0.2) is 0 Å². The summed E-state index contributed by atoms with van der Waals surface area (Å²) in [6, 6.07) is 4.39. The Bertz CT molecular complexity index is 458. The maximum Gasteiger partial charge on any atom is 0.141 e. The zero-order valence-electron chi connectivity index (χ0n) is 13.2. The minimum Gasteiger partial charge on any atom is -0.491 e. The lowest BCUT2D eigenvalue weighted by Crippen LogP contribution is -2.18. The van der Waals surface area contributed by atoms with Gasteiger partial charge in [-0.3, -0.25) is 0 Å². The Hall–Kier alpha value is -0.440. The lowest BCUT2D eigenvalue weighted by atomic mass is 9.94. The average Bonchev–Trinajstić information content (AvgIpc) is 3.19. The van der Waals surface area contributed by atoms with Crippen LogP contribution >= 0.6 is 24.0 Å². The zero-order chi connectivity index (χ0) is 14.7. The molecule has 21 heavy (non-hydrogen) atoms. The van der Waals surface area contributed by atoms with Gasteiger partial charge < -0.3 is 10.5 Å². The fourth-order valence-electron chi connectivity index (χ4n) is 2.39. The summed E-state index contributed by atoms with van der Waals surface area (Å²) in [4.78, 5) is 0. The Morgan fingerprint density at radius 1 is 1.33 bits per heavy atom. The summed E-state index contributed by atoms with van der Waals surface area (Å²) in [6.07, 6.45) is 4.52. The number of nitrogens with two attached hydrogens (primary N) is 1. The van der Waals surface area contributed by atoms with Gasteiger partial charge in [0.2, 0.25) is 0 Å². The van der Waals surface area contributed by atoms with Crippen molar-refractivity contribution in [3.8, 4) is 5.75 Å². The molecule has 0 aliphatic heterocycles. The van der Waals surface area contributed by atoms with Crippen LogP contribution in [0.15, 0.2) is 12.1 Å². The third-order valence-electron chi connectivity index (χ3n) is 3.99. The molecule has 0 aromatic heterocycles. The van der Waals surface area contributed by atoms with Gasteiger partial charge in [0.05, 0.1) is 11.6 Å². The van der Waals surface area contributed by atoms with Crippen LogP contribution in [0.1, 0.15) is 57.1 Å². The molecular weight excluding hydrogens is 305 g/mol. The number of hydrogen-bond acceptors (Lipinski definition) is 2. The molecule has 0 spiro atoms. The Kier molecular flexibility index (Phi) is 7.32. The molecule has 1 saturated carbocycles. The van der Waals surface area contributed by atoms with Crippen LogP contribution in [0.25, 0.3) is 0 Å². The summed E-state index contributed by atoms with van der Waals surface area (Å²) >= 11 is 6.46. The first kappa shape index (κ1) is 18.6. The maximum atomic E-state index is 6.46. The maximum absolute atomic E-state index is 6.46. The molecule has 2 unspecified atom stereocenters. The van der Waals surface area contributed by atoms with Crippen LogP contribution in [-0.4, -0.2) is 12.6 Å². The molecule has 1 aromatic rings. The Morgan fingerprint density at radius 2 is 2.00 bits per heavy atom. The fraction of sp³-hybridized carbons (Fsp3) is 0.647. The second-order valence-corrected chi connectivity index (χ2v) is 6.65. The molecule has 120 valence electrons. The average molecular weight is 332 g/mol. The normalized spacial score (nSPS) is 17.0. The second-order valence-electron chi connectivity index (χ2n) is 6.24. The van der Waals surface area contributed by atoms with Crippen molar-refractivity contribution in [2.24, 2.45) is 11.7 Å². The highest BCUT2D eigenvalue weighted by molar-refractivity contribution is 6.32. The predicted molar refractivity (Wildman–Crippen MR) is 93.0 cm³/mol. The highest BCUT2D eigenvalue weighted by Crippen LogP contribution is 2.38. The molecule has 0 saturated heterocycles. The Labute approximate surface area is 139 Å². The van der Waals surface area contributed by atoms with Crippen molar-refractivity contribution in [2.75, 3.05) is 6.61 Å². The molecule has 2 atom stereocenters. The number of ether oxygens (including phenoxy) is 1. The van der Waals surface area contributed by atoms with Gasteiger partial charge in [0, 0.05) is 6.04 Å². The van der Waals surface area contributed by atoms with E-state index in [1.807, 2.05) is 13.0 Å². The van der Waals surface area contributed by atoms with Crippen molar-refractivity contribution < 1.29 is 4.74 Å². The first-order valence-electron chi connectivity index (χ1n) is 7.72. The fourth-order valence-corrected chi connectivity index (χ4v) is 2.69. The van der Waals surface area contributed by atoms with Crippen LogP contribution < -0.4 is 10.5 Å². The van der Waals surface area contributed by atoms with Gasteiger partial charge in [-0.2, -0.15) is 0 Å². The van der Waals surface area contributed by atoms with E-state index in [-0.39, 0.29) is 18.4 Å². The van der Waals surface area contributed by atoms with Gasteiger partial charge in [-0.25, -0.2) is 0 Å². The summed E-state index contributed by atoms with van der Waals surface area (Å²) < 4.78 is 6.01. The first-order valence-corrected chi connectivity index (χ1v) is 8.09. The lowest BCUT2D eigenvalue weighted by molar-refractivity contribution is 0.295. The van der Waals surface area contributed by atoms with Gasteiger partial charge in [0.25, 0.3) is 0 Å². The first-order chi connectivity index (χ1) is 9.51. The molecule has 0 radical (unpaired) electrons. The van der Waals surface area contributed by atoms with E-state index in [9.17, 15) is 0 Å². The van der Waals surface area contributed by atoms with E-state index in [0.29, 0.717) is 5.92 Å². The zero-order valence-corrected chi connectivity index (χ0v) is 14.8. The van der Waals surface area contributed by atoms with E-state index in [1.54, 1.807) is 0 Å². The van der Waals surface area contributed by atoms with Crippen molar-refractivity contribution in [1.82, 2.24) is 0 Å². The summed E-state index contributed by atoms with van der Waals surface area (Å²) in [5, 5.41) is 0.735. The highest BCUT2D eigenvalue weighted by Gasteiger charge is 2.24. The van der Waals surface area contributed by atoms with E-state index in [4.69, 9.17) is 22.1 Å². The third-order valence-corrected chi connectivity index (χ3v) is 4.27. The quantitative estimate of drug-likeness (QED) is 0.766. The summed E-state index contributed by atoms with van der Waals surface area (Å²) in [7, 11) is 0. The van der Waals surface area contributed by atoms with E-state index in [1.165, 1.54) is 24.0 Å².